The van der Waals surface area contributed by atoms with Crippen LogP contribution in [-0.4, -0.2) is 35.5 Å². The van der Waals surface area contributed by atoms with Gasteiger partial charge in [-0.1, -0.05) is 6.07 Å². The van der Waals surface area contributed by atoms with Gasteiger partial charge in [-0.3, -0.25) is 14.9 Å². The summed E-state index contributed by atoms with van der Waals surface area (Å²) in [4.78, 5) is 38.5. The van der Waals surface area contributed by atoms with Gasteiger partial charge in [0.15, 0.2) is 11.5 Å². The molecule has 0 amide bonds. The van der Waals surface area contributed by atoms with Crippen LogP contribution >= 0.6 is 11.3 Å². The van der Waals surface area contributed by atoms with E-state index in [1.54, 1.807) is 25.2 Å². The Morgan fingerprint density at radius 1 is 1.35 bits per heavy atom. The molecule has 0 unspecified atom stereocenters. The first kappa shape index (κ1) is 23.5. The van der Waals surface area contributed by atoms with Crippen molar-refractivity contribution in [1.29, 1.82) is 0 Å². The number of methoxy groups -OCH3 is 1. The number of hydrogen-bond acceptors (Lipinski definition) is 9. The number of Topliss-reactive ketones (excluding diaryl/α,β-unsaturated/α-hetero) is 1. The van der Waals surface area contributed by atoms with Crippen molar-refractivity contribution >= 4 is 28.8 Å². The SMILES string of the molecule is CCOC(=O)C1=C(C)NC2=C(C(=O)C[C@H](c3cccs3)C2)[C@@H]1c1cc(OC)c(O)c([N+](=O)[O-])c1. The van der Waals surface area contributed by atoms with Crippen LogP contribution in [0.3, 0.4) is 0 Å². The second-order valence-corrected chi connectivity index (χ2v) is 9.08. The normalized spacial score (nSPS) is 20.0. The van der Waals surface area contributed by atoms with Gasteiger partial charge in [0.1, 0.15) is 0 Å². The van der Waals surface area contributed by atoms with E-state index in [1.807, 2.05) is 17.5 Å². The molecular weight excluding hydrogens is 460 g/mol. The van der Waals surface area contributed by atoms with Crippen molar-refractivity contribution in [3.8, 4) is 11.5 Å². The number of aromatic hydroxyl groups is 1. The predicted octanol–water partition coefficient (Wildman–Crippen LogP) is 4.30. The predicted molar refractivity (Wildman–Crippen MR) is 125 cm³/mol. The van der Waals surface area contributed by atoms with Crippen molar-refractivity contribution in [2.45, 2.75) is 38.5 Å². The lowest BCUT2D eigenvalue weighted by Crippen LogP contribution is -2.36. The summed E-state index contributed by atoms with van der Waals surface area (Å²) < 4.78 is 10.4. The van der Waals surface area contributed by atoms with Crippen LogP contribution in [0.25, 0.3) is 0 Å². The molecule has 0 fully saturated rings. The maximum Gasteiger partial charge on any atom is 0.336 e. The smallest absolute Gasteiger partial charge is 0.336 e. The first-order chi connectivity index (χ1) is 16.3. The number of benzene rings is 1. The number of nitro groups is 1. The van der Waals surface area contributed by atoms with Crippen molar-refractivity contribution in [3.63, 3.8) is 0 Å². The average Bonchev–Trinajstić information content (AvgIpc) is 3.33. The number of thiophene rings is 1. The van der Waals surface area contributed by atoms with Crippen molar-refractivity contribution in [2.24, 2.45) is 0 Å². The van der Waals surface area contributed by atoms with Gasteiger partial charge < -0.3 is 19.9 Å². The second kappa shape index (κ2) is 9.30. The third-order valence-electron chi connectivity index (χ3n) is 6.10. The highest BCUT2D eigenvalue weighted by molar-refractivity contribution is 7.10. The van der Waals surface area contributed by atoms with Crippen molar-refractivity contribution < 1.29 is 29.1 Å². The zero-order chi connectivity index (χ0) is 24.6. The van der Waals surface area contributed by atoms with Crippen LogP contribution in [0.1, 0.15) is 49.0 Å². The molecule has 2 N–H and O–H groups in total. The third-order valence-corrected chi connectivity index (χ3v) is 7.13. The van der Waals surface area contributed by atoms with E-state index in [1.165, 1.54) is 19.2 Å². The molecule has 0 saturated carbocycles. The zero-order valence-corrected chi connectivity index (χ0v) is 19.7. The van der Waals surface area contributed by atoms with Crippen LogP contribution in [-0.2, 0) is 14.3 Å². The Balaban J connectivity index is 1.91. The summed E-state index contributed by atoms with van der Waals surface area (Å²) in [6.45, 7) is 3.52. The molecule has 1 aliphatic heterocycles. The molecule has 2 heterocycles. The number of rotatable bonds is 6. The molecule has 0 spiro atoms. The molecule has 4 rings (SSSR count). The topological polar surface area (TPSA) is 128 Å². The number of dihydropyridines is 1. The number of carbonyl (C=O) groups is 2. The lowest BCUT2D eigenvalue weighted by atomic mass is 9.72. The number of nitrogens with one attached hydrogen (secondary N) is 1. The molecule has 2 atom stereocenters. The quantitative estimate of drug-likeness (QED) is 0.353. The summed E-state index contributed by atoms with van der Waals surface area (Å²) in [6, 6.07) is 6.55. The molecule has 0 saturated heterocycles. The lowest BCUT2D eigenvalue weighted by molar-refractivity contribution is -0.386. The maximum absolute atomic E-state index is 13.5. The highest BCUT2D eigenvalue weighted by Gasteiger charge is 2.42. The number of phenols is 1. The fraction of sp³-hybridized carbons (Fsp3) is 0.333. The standard InChI is InChI=1S/C24H24N2O7S/c1-4-33-24(29)20-12(2)25-15-8-13(19-6-5-7-34-19)10-17(27)22(15)21(20)14-9-16(26(30)31)23(28)18(11-14)32-3/h5-7,9,11,13,21,25,28H,4,8,10H2,1-3H3/t13-,21-/m1/s1. The molecule has 10 heteroatoms. The van der Waals surface area contributed by atoms with E-state index in [-0.39, 0.29) is 36.1 Å². The van der Waals surface area contributed by atoms with E-state index >= 15 is 0 Å². The zero-order valence-electron chi connectivity index (χ0n) is 18.9. The van der Waals surface area contributed by atoms with E-state index in [2.05, 4.69) is 5.32 Å². The van der Waals surface area contributed by atoms with Crippen LogP contribution in [0.15, 0.2) is 52.2 Å². The Hall–Kier alpha value is -3.66. The number of nitro benzene ring substituents is 1. The van der Waals surface area contributed by atoms with E-state index in [0.29, 0.717) is 29.0 Å². The van der Waals surface area contributed by atoms with Gasteiger partial charge in [-0.15, -0.1) is 11.3 Å². The minimum atomic E-state index is -0.903. The summed E-state index contributed by atoms with van der Waals surface area (Å²) in [5, 5.41) is 27.1. The molecular formula is C24H24N2O7S. The van der Waals surface area contributed by atoms with Gasteiger partial charge in [0, 0.05) is 46.2 Å². The summed E-state index contributed by atoms with van der Waals surface area (Å²) >= 11 is 1.58. The first-order valence-electron chi connectivity index (χ1n) is 10.8. The maximum atomic E-state index is 13.5. The number of hydrogen-bond donors (Lipinski definition) is 2. The van der Waals surface area contributed by atoms with Crippen molar-refractivity contribution in [2.75, 3.05) is 13.7 Å². The summed E-state index contributed by atoms with van der Waals surface area (Å²) in [5.74, 6) is -2.41. The molecule has 1 aromatic heterocycles. The van der Waals surface area contributed by atoms with Gasteiger partial charge in [-0.25, -0.2) is 4.79 Å². The number of ketones is 1. The van der Waals surface area contributed by atoms with Crippen molar-refractivity contribution in [1.82, 2.24) is 5.32 Å². The highest BCUT2D eigenvalue weighted by Crippen LogP contribution is 2.49. The molecule has 34 heavy (non-hydrogen) atoms. The number of phenolic OH excluding ortho intramolecular Hbond substituents is 1. The van der Waals surface area contributed by atoms with Crippen molar-refractivity contribution in [3.05, 3.63) is 72.7 Å². The van der Waals surface area contributed by atoms with E-state index in [0.717, 1.165) is 4.88 Å². The number of carbonyl (C=O) groups excluding carboxylic acids is 2. The Morgan fingerprint density at radius 2 is 2.12 bits per heavy atom. The van der Waals surface area contributed by atoms with Crippen LogP contribution < -0.4 is 10.1 Å². The highest BCUT2D eigenvalue weighted by atomic mass is 32.1. The van der Waals surface area contributed by atoms with Gasteiger partial charge in [-0.05, 0) is 43.3 Å². The Morgan fingerprint density at radius 3 is 2.74 bits per heavy atom. The summed E-state index contributed by atoms with van der Waals surface area (Å²) in [6.07, 6.45) is 0.812. The fourth-order valence-electron chi connectivity index (χ4n) is 4.65. The van der Waals surface area contributed by atoms with Gasteiger partial charge in [0.2, 0.25) is 5.75 Å². The van der Waals surface area contributed by atoms with Gasteiger partial charge in [0.05, 0.1) is 24.2 Å². The molecule has 9 nitrogen and oxygen atoms in total. The van der Waals surface area contributed by atoms with Gasteiger partial charge in [-0.2, -0.15) is 0 Å². The third kappa shape index (κ3) is 4.05. The number of nitrogens with zero attached hydrogens (tertiary/aromatic N) is 1. The van der Waals surface area contributed by atoms with Gasteiger partial charge in [0.25, 0.3) is 0 Å². The number of allylic oxidation sites excluding steroid dienone is 3. The van der Waals surface area contributed by atoms with Crippen LogP contribution in [0, 0.1) is 10.1 Å². The second-order valence-electron chi connectivity index (χ2n) is 8.10. The van der Waals surface area contributed by atoms with E-state index in [9.17, 15) is 24.8 Å². The largest absolute Gasteiger partial charge is 0.500 e. The molecule has 0 bridgehead atoms. The summed E-state index contributed by atoms with van der Waals surface area (Å²) in [7, 11) is 1.28. The Kier molecular flexibility index (Phi) is 6.43. The monoisotopic (exact) mass is 484 g/mol. The van der Waals surface area contributed by atoms with E-state index in [4.69, 9.17) is 9.47 Å². The Bertz CT molecular complexity index is 1230. The minimum absolute atomic E-state index is 0.0000309. The Labute approximate surface area is 199 Å². The average molecular weight is 485 g/mol. The van der Waals surface area contributed by atoms with Crippen LogP contribution in [0.4, 0.5) is 5.69 Å². The number of ether oxygens (including phenoxy) is 2. The lowest BCUT2D eigenvalue weighted by Gasteiger charge is -2.36. The molecule has 1 aliphatic carbocycles. The molecule has 178 valence electrons. The summed E-state index contributed by atoms with van der Waals surface area (Å²) in [5.41, 5.74) is 1.49. The van der Waals surface area contributed by atoms with Crippen LogP contribution in [0.5, 0.6) is 11.5 Å². The minimum Gasteiger partial charge on any atom is -0.500 e. The number of esters is 1. The molecule has 2 aliphatic rings. The van der Waals surface area contributed by atoms with Crippen LogP contribution in [0.2, 0.25) is 0 Å². The van der Waals surface area contributed by atoms with E-state index < -0.39 is 28.2 Å². The molecule has 1 aromatic carbocycles. The first-order valence-corrected chi connectivity index (χ1v) is 11.6. The molecule has 2 aromatic rings. The fourth-order valence-corrected chi connectivity index (χ4v) is 5.48. The molecule has 0 radical (unpaired) electrons. The van der Waals surface area contributed by atoms with Gasteiger partial charge >= 0.3 is 11.7 Å².